The summed E-state index contributed by atoms with van der Waals surface area (Å²) in [5.41, 5.74) is 4.05. The maximum absolute atomic E-state index is 13.9. The van der Waals surface area contributed by atoms with Crippen molar-refractivity contribution in [3.63, 3.8) is 0 Å². The van der Waals surface area contributed by atoms with Gasteiger partial charge in [0.05, 0.1) is 11.4 Å². The molecule has 152 valence electrons. The molecule has 1 saturated heterocycles. The molecule has 0 radical (unpaired) electrons. The Kier molecular flexibility index (Phi) is 5.54. The van der Waals surface area contributed by atoms with E-state index in [9.17, 15) is 14.0 Å². The van der Waals surface area contributed by atoms with Gasteiger partial charge in [-0.1, -0.05) is 29.8 Å². The van der Waals surface area contributed by atoms with E-state index < -0.39 is 17.0 Å². The molecule has 4 rings (SSSR count). The number of rotatable bonds is 4. The summed E-state index contributed by atoms with van der Waals surface area (Å²) in [5, 5.41) is 0.256. The van der Waals surface area contributed by atoms with Crippen molar-refractivity contribution in [3.05, 3.63) is 92.9 Å². The number of hydrogen-bond donors (Lipinski definition) is 0. The van der Waals surface area contributed by atoms with Crippen molar-refractivity contribution < 1.29 is 14.0 Å². The predicted molar refractivity (Wildman–Crippen MR) is 118 cm³/mol. The van der Waals surface area contributed by atoms with E-state index in [0.717, 1.165) is 39.3 Å². The number of imide groups is 1. The highest BCUT2D eigenvalue weighted by Gasteiger charge is 2.35. The lowest BCUT2D eigenvalue weighted by atomic mass is 10.2. The van der Waals surface area contributed by atoms with Crippen LogP contribution in [0.2, 0.25) is 5.02 Å². The summed E-state index contributed by atoms with van der Waals surface area (Å²) in [5.74, 6) is -0.850. The Balaban J connectivity index is 1.63. The Morgan fingerprint density at radius 3 is 2.47 bits per heavy atom. The summed E-state index contributed by atoms with van der Waals surface area (Å²) < 4.78 is 16.0. The summed E-state index contributed by atoms with van der Waals surface area (Å²) in [6.07, 6.45) is 1.72. The van der Waals surface area contributed by atoms with Crippen molar-refractivity contribution in [1.82, 2.24) is 9.47 Å². The van der Waals surface area contributed by atoms with E-state index in [1.807, 2.05) is 44.2 Å². The first-order valence-corrected chi connectivity index (χ1v) is 10.5. The Labute approximate surface area is 182 Å². The minimum atomic E-state index is -0.438. The quantitative estimate of drug-likeness (QED) is 0.459. The minimum Gasteiger partial charge on any atom is -0.318 e. The molecule has 0 spiro atoms. The maximum Gasteiger partial charge on any atom is 0.293 e. The van der Waals surface area contributed by atoms with Crippen LogP contribution in [-0.4, -0.2) is 20.6 Å². The van der Waals surface area contributed by atoms with Gasteiger partial charge >= 0.3 is 0 Å². The number of aromatic nitrogens is 1. The first kappa shape index (κ1) is 20.4. The summed E-state index contributed by atoms with van der Waals surface area (Å²) in [6, 6.07) is 15.6. The van der Waals surface area contributed by atoms with Crippen molar-refractivity contribution in [2.45, 2.75) is 20.4 Å². The number of halogens is 2. The van der Waals surface area contributed by atoms with Gasteiger partial charge in [0.1, 0.15) is 5.82 Å². The number of carbonyl (C=O) groups excluding carboxylic acids is 2. The molecule has 2 aromatic carbocycles. The second-order valence-corrected chi connectivity index (χ2v) is 8.43. The van der Waals surface area contributed by atoms with Crippen LogP contribution in [0, 0.1) is 19.7 Å². The van der Waals surface area contributed by atoms with Crippen LogP contribution in [0.15, 0.2) is 59.5 Å². The molecule has 30 heavy (non-hydrogen) atoms. The zero-order valence-electron chi connectivity index (χ0n) is 16.4. The van der Waals surface area contributed by atoms with E-state index in [-0.39, 0.29) is 6.54 Å². The SMILES string of the molecule is Cc1cc(/C=C2/SC(=O)N(Cc3ccccc3F)C2=O)c(C)n1-c1ccc(Cl)cc1. The van der Waals surface area contributed by atoms with Gasteiger partial charge in [-0.15, -0.1) is 0 Å². The fourth-order valence-electron chi connectivity index (χ4n) is 3.50. The number of carbonyl (C=O) groups is 2. The molecule has 0 bridgehead atoms. The molecule has 1 aliphatic heterocycles. The van der Waals surface area contributed by atoms with Crippen LogP contribution in [0.5, 0.6) is 0 Å². The zero-order valence-corrected chi connectivity index (χ0v) is 17.9. The number of thioether (sulfide) groups is 1. The second-order valence-electron chi connectivity index (χ2n) is 7.00. The summed E-state index contributed by atoms with van der Waals surface area (Å²) >= 11 is 6.86. The molecule has 1 fully saturated rings. The second kappa shape index (κ2) is 8.13. The lowest BCUT2D eigenvalue weighted by Crippen LogP contribution is -2.27. The number of benzene rings is 2. The molecule has 2 heterocycles. The van der Waals surface area contributed by atoms with Gasteiger partial charge in [-0.2, -0.15) is 0 Å². The average Bonchev–Trinajstić information content (AvgIpc) is 3.14. The van der Waals surface area contributed by atoms with Crippen LogP contribution < -0.4 is 0 Å². The van der Waals surface area contributed by atoms with Gasteiger partial charge in [0, 0.05) is 27.7 Å². The summed E-state index contributed by atoms with van der Waals surface area (Å²) in [6.45, 7) is 3.85. The summed E-state index contributed by atoms with van der Waals surface area (Å²) in [4.78, 5) is 26.6. The molecule has 3 aromatic rings. The van der Waals surface area contributed by atoms with E-state index in [4.69, 9.17) is 11.6 Å². The molecule has 1 aromatic heterocycles. The van der Waals surface area contributed by atoms with Crippen LogP contribution >= 0.6 is 23.4 Å². The average molecular weight is 441 g/mol. The molecule has 4 nitrogen and oxygen atoms in total. The van der Waals surface area contributed by atoms with E-state index >= 15 is 0 Å². The fraction of sp³-hybridized carbons (Fsp3) is 0.130. The van der Waals surface area contributed by atoms with Gasteiger partial charge < -0.3 is 4.57 Å². The third-order valence-electron chi connectivity index (χ3n) is 5.00. The normalized spacial score (nSPS) is 15.5. The molecule has 2 amide bonds. The zero-order chi connectivity index (χ0) is 21.4. The molecular formula is C23H18ClFN2O2S. The first-order valence-electron chi connectivity index (χ1n) is 9.29. The number of hydrogen-bond acceptors (Lipinski definition) is 3. The Morgan fingerprint density at radius 1 is 1.07 bits per heavy atom. The molecular weight excluding hydrogens is 423 g/mol. The maximum atomic E-state index is 13.9. The van der Waals surface area contributed by atoms with Gasteiger partial charge in [-0.3, -0.25) is 14.5 Å². The van der Waals surface area contributed by atoms with Gasteiger partial charge in [0.25, 0.3) is 11.1 Å². The lowest BCUT2D eigenvalue weighted by molar-refractivity contribution is -0.123. The highest BCUT2D eigenvalue weighted by atomic mass is 35.5. The van der Waals surface area contributed by atoms with Crippen LogP contribution in [0.25, 0.3) is 11.8 Å². The first-order chi connectivity index (χ1) is 14.3. The monoisotopic (exact) mass is 440 g/mol. The van der Waals surface area contributed by atoms with Gasteiger partial charge in [-0.05, 0) is 73.6 Å². The Bertz CT molecular complexity index is 1180. The van der Waals surface area contributed by atoms with E-state index in [1.165, 1.54) is 6.07 Å². The van der Waals surface area contributed by atoms with Crippen molar-refractivity contribution in [2.75, 3.05) is 0 Å². The smallest absolute Gasteiger partial charge is 0.293 e. The van der Waals surface area contributed by atoms with Crippen LogP contribution in [0.1, 0.15) is 22.5 Å². The molecule has 0 N–H and O–H groups in total. The molecule has 0 atom stereocenters. The number of nitrogens with zero attached hydrogens (tertiary/aromatic N) is 2. The van der Waals surface area contributed by atoms with Gasteiger partial charge in [0.15, 0.2) is 0 Å². The standard InChI is InChI=1S/C23H18ClFN2O2S/c1-14-11-17(15(2)27(14)19-9-7-18(24)8-10-19)12-21-22(28)26(23(29)30-21)13-16-5-3-4-6-20(16)25/h3-12H,13H2,1-2H3/b21-12+. The topological polar surface area (TPSA) is 42.3 Å². The molecule has 0 unspecified atom stereocenters. The van der Waals surface area contributed by atoms with Crippen molar-refractivity contribution in [2.24, 2.45) is 0 Å². The fourth-order valence-corrected chi connectivity index (χ4v) is 4.45. The molecule has 1 aliphatic rings. The Hall–Kier alpha value is -2.83. The lowest BCUT2D eigenvalue weighted by Gasteiger charge is -2.12. The molecule has 0 aliphatic carbocycles. The third-order valence-corrected chi connectivity index (χ3v) is 6.16. The molecule has 7 heteroatoms. The van der Waals surface area contributed by atoms with Crippen LogP contribution in [0.4, 0.5) is 9.18 Å². The largest absolute Gasteiger partial charge is 0.318 e. The van der Waals surface area contributed by atoms with Crippen LogP contribution in [-0.2, 0) is 11.3 Å². The van der Waals surface area contributed by atoms with Crippen molar-refractivity contribution in [1.29, 1.82) is 0 Å². The third kappa shape index (κ3) is 3.80. The van der Waals surface area contributed by atoms with Gasteiger partial charge in [-0.25, -0.2) is 4.39 Å². The van der Waals surface area contributed by atoms with E-state index in [1.54, 1.807) is 24.3 Å². The van der Waals surface area contributed by atoms with Crippen molar-refractivity contribution >= 4 is 40.6 Å². The molecule has 0 saturated carbocycles. The van der Waals surface area contributed by atoms with Crippen LogP contribution in [0.3, 0.4) is 0 Å². The van der Waals surface area contributed by atoms with E-state index in [0.29, 0.717) is 15.5 Å². The predicted octanol–water partition coefficient (Wildman–Crippen LogP) is 6.12. The van der Waals surface area contributed by atoms with Crippen molar-refractivity contribution in [3.8, 4) is 5.69 Å². The number of aryl methyl sites for hydroxylation is 1. The number of amides is 2. The minimum absolute atomic E-state index is 0.0848. The highest BCUT2D eigenvalue weighted by molar-refractivity contribution is 8.18. The summed E-state index contributed by atoms with van der Waals surface area (Å²) in [7, 11) is 0. The van der Waals surface area contributed by atoms with E-state index in [2.05, 4.69) is 4.57 Å². The van der Waals surface area contributed by atoms with Gasteiger partial charge in [0.2, 0.25) is 0 Å². The highest BCUT2D eigenvalue weighted by Crippen LogP contribution is 2.35. The Morgan fingerprint density at radius 2 is 1.77 bits per heavy atom.